The van der Waals surface area contributed by atoms with Crippen molar-refractivity contribution in [3.8, 4) is 0 Å². The molecular formula is C9H18N4O2S. The summed E-state index contributed by atoms with van der Waals surface area (Å²) in [6, 6.07) is 0.638. The van der Waals surface area contributed by atoms with Gasteiger partial charge in [0.1, 0.15) is 0 Å². The van der Waals surface area contributed by atoms with E-state index in [2.05, 4.69) is 19.9 Å². The second-order valence-electron chi connectivity index (χ2n) is 4.50. The Morgan fingerprint density at radius 2 is 2.19 bits per heavy atom. The van der Waals surface area contributed by atoms with Gasteiger partial charge in [-0.3, -0.25) is 9.62 Å². The molecule has 0 spiro atoms. The Kier molecular flexibility index (Phi) is 3.07. The third kappa shape index (κ3) is 2.65. The fraction of sp³-hybridized carbons (Fsp3) is 0.889. The molecule has 92 valence electrons. The number of sulfonamides is 1. The molecule has 0 radical (unpaired) electrons. The van der Waals surface area contributed by atoms with Crippen molar-refractivity contribution < 1.29 is 8.42 Å². The number of rotatable bonds is 3. The highest BCUT2D eigenvalue weighted by Crippen LogP contribution is 2.26. The highest BCUT2D eigenvalue weighted by molar-refractivity contribution is 7.90. The second-order valence-corrected chi connectivity index (χ2v) is 6.74. The Morgan fingerprint density at radius 3 is 2.62 bits per heavy atom. The first-order valence-corrected chi connectivity index (χ1v) is 7.07. The smallest absolute Gasteiger partial charge is 0.237 e. The predicted molar refractivity (Wildman–Crippen MR) is 62.4 cm³/mol. The summed E-state index contributed by atoms with van der Waals surface area (Å²) in [5.74, 6) is 0.366. The van der Waals surface area contributed by atoms with E-state index in [4.69, 9.17) is 0 Å². The van der Waals surface area contributed by atoms with Crippen molar-refractivity contribution in [3.63, 3.8) is 0 Å². The van der Waals surface area contributed by atoms with Crippen LogP contribution in [0.2, 0.25) is 0 Å². The van der Waals surface area contributed by atoms with Crippen molar-refractivity contribution >= 4 is 16.0 Å². The maximum absolute atomic E-state index is 11.6. The SMILES string of the molecule is CC(C)S(=O)(=O)NC1=NCN(C2CC2)CN1. The van der Waals surface area contributed by atoms with Gasteiger partial charge >= 0.3 is 0 Å². The summed E-state index contributed by atoms with van der Waals surface area (Å²) in [6.07, 6.45) is 2.45. The van der Waals surface area contributed by atoms with Crippen LogP contribution in [-0.4, -0.2) is 43.9 Å². The van der Waals surface area contributed by atoms with Crippen LogP contribution in [0.4, 0.5) is 0 Å². The van der Waals surface area contributed by atoms with Gasteiger partial charge in [-0.2, -0.15) is 0 Å². The van der Waals surface area contributed by atoms with E-state index in [1.807, 2.05) is 0 Å². The molecule has 2 rings (SSSR count). The molecule has 16 heavy (non-hydrogen) atoms. The van der Waals surface area contributed by atoms with Gasteiger partial charge in [0.05, 0.1) is 18.6 Å². The number of hydrogen-bond acceptors (Lipinski definition) is 5. The summed E-state index contributed by atoms with van der Waals surface area (Å²) >= 11 is 0. The molecule has 0 bridgehead atoms. The largest absolute Gasteiger partial charge is 0.343 e. The van der Waals surface area contributed by atoms with E-state index < -0.39 is 15.3 Å². The first kappa shape index (κ1) is 11.7. The van der Waals surface area contributed by atoms with E-state index in [0.717, 1.165) is 0 Å². The fourth-order valence-electron chi connectivity index (χ4n) is 1.45. The van der Waals surface area contributed by atoms with Crippen molar-refractivity contribution in [1.82, 2.24) is 14.9 Å². The van der Waals surface area contributed by atoms with Crippen LogP contribution in [0.25, 0.3) is 0 Å². The summed E-state index contributed by atoms with van der Waals surface area (Å²) in [5, 5.41) is 2.54. The Morgan fingerprint density at radius 1 is 1.50 bits per heavy atom. The molecule has 6 nitrogen and oxygen atoms in total. The van der Waals surface area contributed by atoms with Gasteiger partial charge in [0.25, 0.3) is 0 Å². The lowest BCUT2D eigenvalue weighted by atomic mass is 10.5. The van der Waals surface area contributed by atoms with Crippen LogP contribution < -0.4 is 10.0 Å². The van der Waals surface area contributed by atoms with Gasteiger partial charge in [-0.15, -0.1) is 0 Å². The molecule has 1 fully saturated rings. The van der Waals surface area contributed by atoms with Crippen molar-refractivity contribution in [2.24, 2.45) is 4.99 Å². The summed E-state index contributed by atoms with van der Waals surface area (Å²) < 4.78 is 25.6. The van der Waals surface area contributed by atoms with Gasteiger partial charge in [0.2, 0.25) is 16.0 Å². The van der Waals surface area contributed by atoms with Crippen LogP contribution in [-0.2, 0) is 10.0 Å². The van der Waals surface area contributed by atoms with Crippen LogP contribution in [0.3, 0.4) is 0 Å². The van der Waals surface area contributed by atoms with Gasteiger partial charge in [-0.05, 0) is 26.7 Å². The van der Waals surface area contributed by atoms with Crippen LogP contribution in [0, 0.1) is 0 Å². The average Bonchev–Trinajstić information content (AvgIpc) is 3.01. The molecule has 1 aliphatic heterocycles. The first-order valence-electron chi connectivity index (χ1n) is 5.53. The quantitative estimate of drug-likeness (QED) is 0.714. The Balaban J connectivity index is 1.92. The van der Waals surface area contributed by atoms with Crippen molar-refractivity contribution in [2.75, 3.05) is 13.3 Å². The predicted octanol–water partition coefficient (Wildman–Crippen LogP) is -0.347. The molecule has 0 amide bonds. The summed E-state index contributed by atoms with van der Waals surface area (Å²) in [4.78, 5) is 6.38. The van der Waals surface area contributed by atoms with Crippen LogP contribution in [0.1, 0.15) is 26.7 Å². The molecule has 0 saturated heterocycles. The highest BCUT2D eigenvalue weighted by Gasteiger charge is 2.30. The standard InChI is InChI=1S/C9H18N4O2S/c1-7(2)16(14,15)12-9-10-5-13(6-11-9)8-3-4-8/h7-8H,3-6H2,1-2H3,(H2,10,11,12). The van der Waals surface area contributed by atoms with Gasteiger partial charge in [-0.1, -0.05) is 0 Å². The molecule has 1 heterocycles. The van der Waals surface area contributed by atoms with Crippen LogP contribution in [0.5, 0.6) is 0 Å². The zero-order chi connectivity index (χ0) is 11.8. The first-order chi connectivity index (χ1) is 7.49. The molecule has 2 N–H and O–H groups in total. The molecule has 0 atom stereocenters. The number of nitrogens with zero attached hydrogens (tertiary/aromatic N) is 2. The monoisotopic (exact) mass is 246 g/mol. The maximum Gasteiger partial charge on any atom is 0.237 e. The van der Waals surface area contributed by atoms with E-state index in [9.17, 15) is 8.42 Å². The van der Waals surface area contributed by atoms with Gasteiger partial charge in [-0.25, -0.2) is 13.4 Å². The summed E-state index contributed by atoms with van der Waals surface area (Å²) in [5.41, 5.74) is 0. The normalized spacial score (nSPS) is 22.8. The molecule has 0 aromatic heterocycles. The topological polar surface area (TPSA) is 73.8 Å². The summed E-state index contributed by atoms with van der Waals surface area (Å²) in [6.45, 7) is 4.53. The molecule has 2 aliphatic rings. The van der Waals surface area contributed by atoms with E-state index in [-0.39, 0.29) is 0 Å². The zero-order valence-corrected chi connectivity index (χ0v) is 10.4. The van der Waals surface area contributed by atoms with Crippen molar-refractivity contribution in [1.29, 1.82) is 0 Å². The fourth-order valence-corrected chi connectivity index (χ4v) is 2.09. The molecule has 1 aliphatic carbocycles. The molecule has 0 unspecified atom stereocenters. The third-order valence-corrected chi connectivity index (χ3v) is 4.50. The Hall–Kier alpha value is -0.820. The molecule has 1 saturated carbocycles. The van der Waals surface area contributed by atoms with Crippen LogP contribution in [0.15, 0.2) is 4.99 Å². The van der Waals surface area contributed by atoms with Crippen molar-refractivity contribution in [3.05, 3.63) is 0 Å². The lowest BCUT2D eigenvalue weighted by Gasteiger charge is -2.27. The van der Waals surface area contributed by atoms with Gasteiger partial charge < -0.3 is 5.32 Å². The number of guanidine groups is 1. The lowest BCUT2D eigenvalue weighted by molar-refractivity contribution is 0.253. The number of hydrogen-bond donors (Lipinski definition) is 2. The van der Waals surface area contributed by atoms with E-state index >= 15 is 0 Å². The minimum Gasteiger partial charge on any atom is -0.343 e. The Bertz CT molecular complexity index is 386. The van der Waals surface area contributed by atoms with E-state index in [0.29, 0.717) is 25.3 Å². The van der Waals surface area contributed by atoms with Gasteiger partial charge in [0.15, 0.2) is 0 Å². The minimum absolute atomic E-state index is 0.366. The van der Waals surface area contributed by atoms with E-state index in [1.54, 1.807) is 13.8 Å². The second kappa shape index (κ2) is 4.21. The average molecular weight is 246 g/mol. The van der Waals surface area contributed by atoms with E-state index in [1.165, 1.54) is 12.8 Å². The van der Waals surface area contributed by atoms with Crippen molar-refractivity contribution in [2.45, 2.75) is 38.0 Å². The molecule has 7 heteroatoms. The minimum atomic E-state index is -3.28. The molecule has 0 aromatic rings. The number of nitrogens with one attached hydrogen (secondary N) is 2. The number of aliphatic imine (C=N–C) groups is 1. The molecular weight excluding hydrogens is 228 g/mol. The maximum atomic E-state index is 11.6. The third-order valence-electron chi connectivity index (χ3n) is 2.78. The van der Waals surface area contributed by atoms with Crippen LogP contribution >= 0.6 is 0 Å². The highest BCUT2D eigenvalue weighted by atomic mass is 32.2. The lowest BCUT2D eigenvalue weighted by Crippen LogP contribution is -2.51. The molecule has 0 aromatic carbocycles. The summed E-state index contributed by atoms with van der Waals surface area (Å²) in [7, 11) is -3.28. The Labute approximate surface area is 96.2 Å². The van der Waals surface area contributed by atoms with Gasteiger partial charge in [0, 0.05) is 6.04 Å². The zero-order valence-electron chi connectivity index (χ0n) is 9.60.